The Labute approximate surface area is 103 Å². The summed E-state index contributed by atoms with van der Waals surface area (Å²) in [5.41, 5.74) is 0. The molecule has 2 heteroatoms. The van der Waals surface area contributed by atoms with Crippen LogP contribution in [0.4, 0.5) is 0 Å². The van der Waals surface area contributed by atoms with Crippen molar-refractivity contribution in [3.63, 3.8) is 0 Å². The van der Waals surface area contributed by atoms with Gasteiger partial charge in [0.25, 0.3) is 0 Å². The minimum absolute atomic E-state index is 0.934. The Morgan fingerprint density at radius 1 is 0.867 bits per heavy atom. The van der Waals surface area contributed by atoms with Gasteiger partial charge in [0.05, 0.1) is 0 Å². The standard InChI is InChI=1S/C13H24BrN/c14-11-12-7-9-15(10-8-12)13-5-3-1-2-4-6-13/h12-13H,1-11H2. The van der Waals surface area contributed by atoms with E-state index in [1.807, 2.05) is 0 Å². The minimum Gasteiger partial charge on any atom is -0.300 e. The first-order chi connectivity index (χ1) is 7.40. The lowest BCUT2D eigenvalue weighted by molar-refractivity contribution is 0.128. The average molecular weight is 274 g/mol. The maximum atomic E-state index is 3.62. The predicted molar refractivity (Wildman–Crippen MR) is 69.6 cm³/mol. The Balaban J connectivity index is 1.78. The van der Waals surface area contributed by atoms with Crippen LogP contribution >= 0.6 is 15.9 Å². The molecule has 2 rings (SSSR count). The molecule has 0 bridgehead atoms. The van der Waals surface area contributed by atoms with Crippen LogP contribution in [-0.2, 0) is 0 Å². The lowest BCUT2D eigenvalue weighted by Crippen LogP contribution is -2.41. The van der Waals surface area contributed by atoms with E-state index in [0.717, 1.165) is 12.0 Å². The number of likely N-dealkylation sites (tertiary alicyclic amines) is 1. The van der Waals surface area contributed by atoms with E-state index in [9.17, 15) is 0 Å². The number of halogens is 1. The monoisotopic (exact) mass is 273 g/mol. The zero-order chi connectivity index (χ0) is 10.5. The average Bonchev–Trinajstić information content (AvgIpc) is 2.58. The quantitative estimate of drug-likeness (QED) is 0.546. The fraction of sp³-hybridized carbons (Fsp3) is 1.00. The van der Waals surface area contributed by atoms with Crippen molar-refractivity contribution in [2.75, 3.05) is 18.4 Å². The maximum absolute atomic E-state index is 3.62. The molecule has 0 unspecified atom stereocenters. The molecule has 0 radical (unpaired) electrons. The molecule has 1 saturated carbocycles. The van der Waals surface area contributed by atoms with Crippen LogP contribution in [0.1, 0.15) is 51.4 Å². The summed E-state index contributed by atoms with van der Waals surface area (Å²) in [5, 5.41) is 1.21. The van der Waals surface area contributed by atoms with Crippen LogP contribution in [0.5, 0.6) is 0 Å². The van der Waals surface area contributed by atoms with Crippen LogP contribution < -0.4 is 0 Å². The molecule has 0 amide bonds. The van der Waals surface area contributed by atoms with Crippen molar-refractivity contribution in [3.05, 3.63) is 0 Å². The molecule has 0 aromatic rings. The summed E-state index contributed by atoms with van der Waals surface area (Å²) in [6.07, 6.45) is 11.7. The van der Waals surface area contributed by atoms with Crippen molar-refractivity contribution < 1.29 is 0 Å². The van der Waals surface area contributed by atoms with Crippen molar-refractivity contribution in [1.29, 1.82) is 0 Å². The topological polar surface area (TPSA) is 3.24 Å². The van der Waals surface area contributed by atoms with Gasteiger partial charge >= 0.3 is 0 Å². The van der Waals surface area contributed by atoms with Gasteiger partial charge < -0.3 is 4.90 Å². The highest BCUT2D eigenvalue weighted by molar-refractivity contribution is 9.09. The van der Waals surface area contributed by atoms with E-state index < -0.39 is 0 Å². The highest BCUT2D eigenvalue weighted by atomic mass is 79.9. The van der Waals surface area contributed by atoms with Gasteiger partial charge in [-0.3, -0.25) is 0 Å². The molecule has 0 aromatic carbocycles. The summed E-state index contributed by atoms with van der Waals surface area (Å²) in [6.45, 7) is 2.72. The summed E-state index contributed by atoms with van der Waals surface area (Å²) in [4.78, 5) is 2.78. The number of nitrogens with zero attached hydrogens (tertiary/aromatic N) is 1. The highest BCUT2D eigenvalue weighted by Gasteiger charge is 2.24. The summed E-state index contributed by atoms with van der Waals surface area (Å²) in [6, 6.07) is 0.934. The third kappa shape index (κ3) is 3.45. The molecular formula is C13H24BrN. The van der Waals surface area contributed by atoms with E-state index >= 15 is 0 Å². The van der Waals surface area contributed by atoms with Crippen LogP contribution in [0, 0.1) is 5.92 Å². The summed E-state index contributed by atoms with van der Waals surface area (Å²) >= 11 is 3.62. The van der Waals surface area contributed by atoms with Gasteiger partial charge in [0.1, 0.15) is 0 Å². The van der Waals surface area contributed by atoms with Gasteiger partial charge in [-0.2, -0.15) is 0 Å². The number of hydrogen-bond donors (Lipinski definition) is 0. The van der Waals surface area contributed by atoms with Crippen molar-refractivity contribution in [2.24, 2.45) is 5.92 Å². The Morgan fingerprint density at radius 2 is 1.47 bits per heavy atom. The van der Waals surface area contributed by atoms with Crippen molar-refractivity contribution in [3.8, 4) is 0 Å². The van der Waals surface area contributed by atoms with Crippen LogP contribution in [0.3, 0.4) is 0 Å². The predicted octanol–water partition coefficient (Wildman–Crippen LogP) is 3.82. The zero-order valence-corrected chi connectivity index (χ0v) is 11.3. The summed E-state index contributed by atoms with van der Waals surface area (Å²) in [7, 11) is 0. The molecule has 0 N–H and O–H groups in total. The molecule has 1 aliphatic heterocycles. The van der Waals surface area contributed by atoms with Crippen LogP contribution in [0.25, 0.3) is 0 Å². The van der Waals surface area contributed by atoms with Gasteiger partial charge in [0.15, 0.2) is 0 Å². The van der Waals surface area contributed by atoms with Crippen LogP contribution in [0.2, 0.25) is 0 Å². The van der Waals surface area contributed by atoms with Crippen molar-refractivity contribution >= 4 is 15.9 Å². The smallest absolute Gasteiger partial charge is 0.00952 e. The number of rotatable bonds is 2. The Kier molecular flexibility index (Phi) is 4.96. The number of alkyl halides is 1. The molecule has 15 heavy (non-hydrogen) atoms. The minimum atomic E-state index is 0.934. The summed E-state index contributed by atoms with van der Waals surface area (Å²) in [5.74, 6) is 0.951. The van der Waals surface area contributed by atoms with Gasteiger partial charge in [-0.15, -0.1) is 0 Å². The first-order valence-electron chi connectivity index (χ1n) is 6.70. The van der Waals surface area contributed by atoms with Crippen molar-refractivity contribution in [2.45, 2.75) is 57.4 Å². The molecule has 1 heterocycles. The van der Waals surface area contributed by atoms with E-state index in [4.69, 9.17) is 0 Å². The number of hydrogen-bond acceptors (Lipinski definition) is 1. The Hall–Kier alpha value is 0.440. The van der Waals surface area contributed by atoms with Gasteiger partial charge in [-0.25, -0.2) is 0 Å². The van der Waals surface area contributed by atoms with E-state index in [0.29, 0.717) is 0 Å². The first-order valence-corrected chi connectivity index (χ1v) is 7.82. The fourth-order valence-electron chi connectivity index (χ4n) is 3.10. The molecule has 2 fully saturated rings. The fourth-order valence-corrected chi connectivity index (χ4v) is 3.74. The summed E-state index contributed by atoms with van der Waals surface area (Å²) < 4.78 is 0. The first kappa shape index (κ1) is 11.9. The lowest BCUT2D eigenvalue weighted by atomic mass is 9.96. The Morgan fingerprint density at radius 3 is 2.00 bits per heavy atom. The Bertz CT molecular complexity index is 167. The van der Waals surface area contributed by atoms with E-state index in [1.165, 1.54) is 69.8 Å². The zero-order valence-electron chi connectivity index (χ0n) is 9.76. The maximum Gasteiger partial charge on any atom is 0.00952 e. The molecule has 0 aromatic heterocycles. The van der Waals surface area contributed by atoms with Crippen LogP contribution in [0.15, 0.2) is 0 Å². The lowest BCUT2D eigenvalue weighted by Gasteiger charge is -2.37. The van der Waals surface area contributed by atoms with E-state index in [2.05, 4.69) is 20.8 Å². The molecule has 1 saturated heterocycles. The SMILES string of the molecule is BrCC1CCN(C2CCCCCC2)CC1. The second kappa shape index (κ2) is 6.24. The largest absolute Gasteiger partial charge is 0.300 e. The molecule has 88 valence electrons. The second-order valence-corrected chi connectivity index (χ2v) is 5.93. The third-order valence-electron chi connectivity index (χ3n) is 4.21. The van der Waals surface area contributed by atoms with Gasteiger partial charge in [-0.1, -0.05) is 41.6 Å². The second-order valence-electron chi connectivity index (χ2n) is 5.28. The van der Waals surface area contributed by atoms with Crippen LogP contribution in [-0.4, -0.2) is 29.4 Å². The highest BCUT2D eigenvalue weighted by Crippen LogP contribution is 2.26. The third-order valence-corrected chi connectivity index (χ3v) is 5.12. The van der Waals surface area contributed by atoms with Crippen molar-refractivity contribution in [1.82, 2.24) is 4.90 Å². The molecule has 2 aliphatic rings. The van der Waals surface area contributed by atoms with E-state index in [1.54, 1.807) is 0 Å². The normalized spacial score (nSPS) is 27.8. The molecule has 0 atom stereocenters. The molecular weight excluding hydrogens is 250 g/mol. The molecule has 0 spiro atoms. The molecule has 1 aliphatic carbocycles. The van der Waals surface area contributed by atoms with Gasteiger partial charge in [-0.05, 0) is 44.7 Å². The van der Waals surface area contributed by atoms with E-state index in [-0.39, 0.29) is 0 Å². The van der Waals surface area contributed by atoms with Gasteiger partial charge in [0, 0.05) is 11.4 Å². The molecule has 1 nitrogen and oxygen atoms in total. The van der Waals surface area contributed by atoms with Gasteiger partial charge in [0.2, 0.25) is 0 Å². The number of piperidine rings is 1.